The van der Waals surface area contributed by atoms with Crippen molar-refractivity contribution in [1.82, 2.24) is 0 Å². The topological polar surface area (TPSA) is 29.5 Å². The van der Waals surface area contributed by atoms with Crippen LogP contribution < -0.4 is 4.90 Å². The van der Waals surface area contributed by atoms with Gasteiger partial charge in [-0.2, -0.15) is 0 Å². The predicted molar refractivity (Wildman–Crippen MR) is 239 cm³/mol. The molecule has 0 amide bonds. The molecule has 0 unspecified atom stereocenters. The van der Waals surface area contributed by atoms with Crippen molar-refractivity contribution in [3.63, 3.8) is 0 Å². The monoisotopic (exact) mass is 727 g/mol. The first-order valence-electron chi connectivity index (χ1n) is 19.4. The van der Waals surface area contributed by atoms with Gasteiger partial charge in [-0.05, 0) is 98.2 Å². The van der Waals surface area contributed by atoms with Gasteiger partial charge in [-0.3, -0.25) is 0 Å². The third kappa shape index (κ3) is 5.06. The highest BCUT2D eigenvalue weighted by Gasteiger charge is 2.18. The zero-order valence-corrected chi connectivity index (χ0v) is 30.8. The smallest absolute Gasteiger partial charge is 0.143 e. The van der Waals surface area contributed by atoms with Gasteiger partial charge in [0.25, 0.3) is 0 Å². The lowest BCUT2D eigenvalue weighted by Gasteiger charge is -2.26. The molecule has 2 aromatic heterocycles. The van der Waals surface area contributed by atoms with Crippen LogP contribution in [-0.4, -0.2) is 0 Å². The van der Waals surface area contributed by atoms with Crippen molar-refractivity contribution in [2.75, 3.05) is 4.90 Å². The maximum atomic E-state index is 6.69. The van der Waals surface area contributed by atoms with Gasteiger partial charge in [-0.1, -0.05) is 140 Å². The Bertz CT molecular complexity index is 3520. The highest BCUT2D eigenvalue weighted by Crippen LogP contribution is 2.43. The third-order valence-electron chi connectivity index (χ3n) is 11.6. The van der Waals surface area contributed by atoms with Gasteiger partial charge in [0, 0.05) is 55.6 Å². The molecule has 10 aromatic carbocycles. The van der Waals surface area contributed by atoms with Crippen LogP contribution in [0.3, 0.4) is 0 Å². The van der Waals surface area contributed by atoms with Crippen molar-refractivity contribution in [2.24, 2.45) is 0 Å². The number of para-hydroxylation sites is 1. The van der Waals surface area contributed by atoms with Gasteiger partial charge in [-0.15, -0.1) is 0 Å². The second kappa shape index (κ2) is 12.5. The first-order chi connectivity index (χ1) is 28.2. The number of benzene rings is 10. The van der Waals surface area contributed by atoms with E-state index in [2.05, 4.69) is 199 Å². The van der Waals surface area contributed by atoms with Gasteiger partial charge >= 0.3 is 0 Å². The molecule has 12 aromatic rings. The number of hydrogen-bond donors (Lipinski definition) is 0. The van der Waals surface area contributed by atoms with E-state index in [9.17, 15) is 0 Å². The van der Waals surface area contributed by atoms with E-state index in [4.69, 9.17) is 8.83 Å². The van der Waals surface area contributed by atoms with Crippen molar-refractivity contribution >= 4 is 93.3 Å². The number of fused-ring (bicyclic) bond motifs is 11. The van der Waals surface area contributed by atoms with E-state index in [1.54, 1.807) is 0 Å². The normalized spacial score (nSPS) is 11.9. The lowest BCUT2D eigenvalue weighted by atomic mass is 9.99. The van der Waals surface area contributed by atoms with Crippen LogP contribution in [0.4, 0.5) is 17.1 Å². The van der Waals surface area contributed by atoms with E-state index in [-0.39, 0.29) is 0 Å². The Balaban J connectivity index is 0.996. The molecule has 57 heavy (non-hydrogen) atoms. The average Bonchev–Trinajstić information content (AvgIpc) is 3.85. The summed E-state index contributed by atoms with van der Waals surface area (Å²) in [6.45, 7) is 0. The minimum atomic E-state index is 0.864. The number of nitrogens with zero attached hydrogens (tertiary/aromatic N) is 1. The molecule has 0 saturated heterocycles. The summed E-state index contributed by atoms with van der Waals surface area (Å²) in [5.74, 6) is 0. The standard InChI is InChI=1S/C54H33NO2/c1-2-9-35(10-3-1)45-15-8-16-47-50-31-39(23-30-51(50)56-53(45)47)34-19-24-40(25-20-34)55(41-26-21-38-18-17-36-11-4-6-13-43(36)49(38)32-41)42-27-29-46-48-28-22-37-12-5-7-14-44(37)54(48)57-52(46)33-42/h1-33H. The maximum absolute atomic E-state index is 6.69. The second-order valence-corrected chi connectivity index (χ2v) is 14.9. The van der Waals surface area contributed by atoms with Crippen LogP contribution in [0.2, 0.25) is 0 Å². The largest absolute Gasteiger partial charge is 0.455 e. The van der Waals surface area contributed by atoms with Gasteiger partial charge in [0.2, 0.25) is 0 Å². The molecule has 0 aliphatic heterocycles. The Morgan fingerprint density at radius 1 is 0.281 bits per heavy atom. The summed E-state index contributed by atoms with van der Waals surface area (Å²) in [6.07, 6.45) is 0. The molecule has 0 aliphatic rings. The molecule has 3 heteroatoms. The molecule has 0 fully saturated rings. The quantitative estimate of drug-likeness (QED) is 0.165. The van der Waals surface area contributed by atoms with Gasteiger partial charge in [0.15, 0.2) is 0 Å². The molecule has 0 radical (unpaired) electrons. The number of anilines is 3. The van der Waals surface area contributed by atoms with Crippen molar-refractivity contribution in [1.29, 1.82) is 0 Å². The molecule has 2 heterocycles. The lowest BCUT2D eigenvalue weighted by Crippen LogP contribution is -2.09. The van der Waals surface area contributed by atoms with Crippen LogP contribution in [0.15, 0.2) is 209 Å². The molecular weight excluding hydrogens is 695 g/mol. The van der Waals surface area contributed by atoms with E-state index in [0.717, 1.165) is 88.6 Å². The SMILES string of the molecule is c1ccc(-c2cccc3c2oc2ccc(-c4ccc(N(c5ccc6c(c5)oc5c7ccccc7ccc65)c5ccc6ccc7ccccc7c6c5)cc4)cc23)cc1. The summed E-state index contributed by atoms with van der Waals surface area (Å²) in [5.41, 5.74) is 11.3. The van der Waals surface area contributed by atoms with Crippen molar-refractivity contribution < 1.29 is 8.83 Å². The fraction of sp³-hybridized carbons (Fsp3) is 0. The van der Waals surface area contributed by atoms with Crippen LogP contribution in [0.1, 0.15) is 0 Å². The van der Waals surface area contributed by atoms with Gasteiger partial charge in [0.05, 0.1) is 0 Å². The van der Waals surface area contributed by atoms with Crippen LogP contribution in [0.5, 0.6) is 0 Å². The van der Waals surface area contributed by atoms with Crippen molar-refractivity contribution in [3.8, 4) is 22.3 Å². The second-order valence-electron chi connectivity index (χ2n) is 14.9. The maximum Gasteiger partial charge on any atom is 0.143 e. The Morgan fingerprint density at radius 2 is 0.877 bits per heavy atom. The molecule has 266 valence electrons. The summed E-state index contributed by atoms with van der Waals surface area (Å²) < 4.78 is 13.2. The zero-order chi connectivity index (χ0) is 37.5. The van der Waals surface area contributed by atoms with E-state index in [1.165, 1.54) is 26.9 Å². The minimum absolute atomic E-state index is 0.864. The van der Waals surface area contributed by atoms with Crippen molar-refractivity contribution in [3.05, 3.63) is 200 Å². The fourth-order valence-electron chi connectivity index (χ4n) is 8.83. The summed E-state index contributed by atoms with van der Waals surface area (Å²) in [4.78, 5) is 2.34. The average molecular weight is 728 g/mol. The molecule has 0 bridgehead atoms. The molecule has 0 spiro atoms. The Morgan fingerprint density at radius 3 is 1.74 bits per heavy atom. The van der Waals surface area contributed by atoms with Crippen LogP contribution >= 0.6 is 0 Å². The van der Waals surface area contributed by atoms with Crippen LogP contribution in [0, 0.1) is 0 Å². The summed E-state index contributed by atoms with van der Waals surface area (Å²) in [7, 11) is 0. The van der Waals surface area contributed by atoms with E-state index < -0.39 is 0 Å². The molecule has 12 rings (SSSR count). The van der Waals surface area contributed by atoms with E-state index in [1.807, 2.05) is 6.07 Å². The molecule has 0 atom stereocenters. The number of furan rings is 2. The Hall–Kier alpha value is -7.62. The predicted octanol–water partition coefficient (Wildman–Crippen LogP) is 15.7. The Labute approximate surface area is 328 Å². The molecule has 0 aliphatic carbocycles. The van der Waals surface area contributed by atoms with Gasteiger partial charge in [0.1, 0.15) is 22.3 Å². The first kappa shape index (κ1) is 31.7. The summed E-state index contributed by atoms with van der Waals surface area (Å²) in [5, 5.41) is 11.7. The highest BCUT2D eigenvalue weighted by atomic mass is 16.3. The van der Waals surface area contributed by atoms with Crippen LogP contribution in [-0.2, 0) is 0 Å². The summed E-state index contributed by atoms with van der Waals surface area (Å²) >= 11 is 0. The van der Waals surface area contributed by atoms with Gasteiger partial charge < -0.3 is 13.7 Å². The zero-order valence-electron chi connectivity index (χ0n) is 30.8. The number of rotatable bonds is 5. The summed E-state index contributed by atoms with van der Waals surface area (Å²) in [6, 6.07) is 71.5. The fourth-order valence-corrected chi connectivity index (χ4v) is 8.83. The van der Waals surface area contributed by atoms with Crippen molar-refractivity contribution in [2.45, 2.75) is 0 Å². The highest BCUT2D eigenvalue weighted by molar-refractivity contribution is 6.16. The molecule has 3 nitrogen and oxygen atoms in total. The molecular formula is C54H33NO2. The minimum Gasteiger partial charge on any atom is -0.455 e. The first-order valence-corrected chi connectivity index (χ1v) is 19.4. The van der Waals surface area contributed by atoms with E-state index >= 15 is 0 Å². The number of hydrogen-bond acceptors (Lipinski definition) is 3. The molecule has 0 saturated carbocycles. The lowest BCUT2D eigenvalue weighted by molar-refractivity contribution is 0.670. The van der Waals surface area contributed by atoms with Crippen LogP contribution in [0.25, 0.3) is 98.4 Å². The molecule has 0 N–H and O–H groups in total. The van der Waals surface area contributed by atoms with Gasteiger partial charge in [-0.25, -0.2) is 0 Å². The third-order valence-corrected chi connectivity index (χ3v) is 11.6. The van der Waals surface area contributed by atoms with E-state index in [0.29, 0.717) is 0 Å². The Kier molecular flexibility index (Phi) is 6.93.